The van der Waals surface area contributed by atoms with E-state index in [1.165, 1.54) is 0 Å². The van der Waals surface area contributed by atoms with E-state index in [4.69, 9.17) is 21.1 Å². The highest BCUT2D eigenvalue weighted by atomic mass is 35.5. The maximum atomic E-state index is 13.3. The minimum atomic E-state index is -0.658. The summed E-state index contributed by atoms with van der Waals surface area (Å²) in [4.78, 5) is 38.4. The van der Waals surface area contributed by atoms with Crippen LogP contribution in [0.4, 0.5) is 5.00 Å². The predicted molar refractivity (Wildman–Crippen MR) is 127 cm³/mol. The van der Waals surface area contributed by atoms with Crippen molar-refractivity contribution in [3.63, 3.8) is 0 Å². The molecule has 0 unspecified atom stereocenters. The monoisotopic (exact) mass is 483 g/mol. The van der Waals surface area contributed by atoms with Crippen molar-refractivity contribution < 1.29 is 19.1 Å². The number of anilines is 1. The van der Waals surface area contributed by atoms with Gasteiger partial charge in [0.25, 0.3) is 11.5 Å². The van der Waals surface area contributed by atoms with E-state index in [0.717, 1.165) is 16.0 Å². The SMILES string of the molecule is CCOC(=O)c1nn(-c2ccccc2)c(=O)c2c(NC(=O)COc3ccc(Cl)cc3)scc12. The number of carbonyl (C=O) groups is 2. The number of rotatable bonds is 7. The number of carbonyl (C=O) groups excluding carboxylic acids is 2. The molecule has 0 saturated carbocycles. The van der Waals surface area contributed by atoms with Crippen LogP contribution >= 0.6 is 22.9 Å². The third kappa shape index (κ3) is 4.89. The van der Waals surface area contributed by atoms with Gasteiger partial charge in [-0.1, -0.05) is 29.8 Å². The average molecular weight is 484 g/mol. The molecule has 2 aromatic carbocycles. The Morgan fingerprint density at radius 2 is 1.85 bits per heavy atom. The summed E-state index contributed by atoms with van der Waals surface area (Å²) >= 11 is 6.96. The molecule has 1 amide bonds. The predicted octanol–water partition coefficient (Wildman–Crippen LogP) is 4.29. The highest BCUT2D eigenvalue weighted by Crippen LogP contribution is 2.30. The average Bonchev–Trinajstić information content (AvgIpc) is 3.23. The number of para-hydroxylation sites is 1. The van der Waals surface area contributed by atoms with Crippen LogP contribution in [-0.2, 0) is 9.53 Å². The molecule has 10 heteroatoms. The number of benzene rings is 2. The van der Waals surface area contributed by atoms with Gasteiger partial charge in [0.2, 0.25) is 0 Å². The largest absolute Gasteiger partial charge is 0.484 e. The highest BCUT2D eigenvalue weighted by Gasteiger charge is 2.23. The zero-order chi connectivity index (χ0) is 23.4. The number of nitrogens with zero attached hydrogens (tertiary/aromatic N) is 2. The summed E-state index contributed by atoms with van der Waals surface area (Å²) in [6.07, 6.45) is 0. The second-order valence-corrected chi connectivity index (χ2v) is 8.08. The number of halogens is 1. The Hall–Kier alpha value is -3.69. The minimum Gasteiger partial charge on any atom is -0.484 e. The Bertz CT molecular complexity index is 1370. The first kappa shape index (κ1) is 22.5. The number of ether oxygens (including phenoxy) is 2. The van der Waals surface area contributed by atoms with Crippen LogP contribution in [0.2, 0.25) is 5.02 Å². The van der Waals surface area contributed by atoms with Gasteiger partial charge < -0.3 is 14.8 Å². The summed E-state index contributed by atoms with van der Waals surface area (Å²) in [5, 5.41) is 9.87. The number of thiophene rings is 1. The lowest BCUT2D eigenvalue weighted by atomic mass is 10.2. The fourth-order valence-corrected chi connectivity index (χ4v) is 4.16. The number of hydrogen-bond donors (Lipinski definition) is 1. The number of esters is 1. The van der Waals surface area contributed by atoms with E-state index in [1.807, 2.05) is 0 Å². The van der Waals surface area contributed by atoms with Gasteiger partial charge in [-0.15, -0.1) is 11.3 Å². The van der Waals surface area contributed by atoms with Crippen molar-refractivity contribution in [3.8, 4) is 11.4 Å². The number of amides is 1. The molecule has 4 rings (SSSR count). The molecule has 8 nitrogen and oxygen atoms in total. The number of fused-ring (bicyclic) bond motifs is 1. The lowest BCUT2D eigenvalue weighted by Gasteiger charge is -2.10. The first-order valence-corrected chi connectivity index (χ1v) is 11.2. The Labute approximate surface area is 197 Å². The summed E-state index contributed by atoms with van der Waals surface area (Å²) < 4.78 is 11.7. The zero-order valence-electron chi connectivity index (χ0n) is 17.4. The summed E-state index contributed by atoms with van der Waals surface area (Å²) in [6.45, 7) is 1.56. The lowest BCUT2D eigenvalue weighted by molar-refractivity contribution is -0.118. The van der Waals surface area contributed by atoms with Crippen LogP contribution in [0, 0.1) is 0 Å². The van der Waals surface area contributed by atoms with E-state index in [-0.39, 0.29) is 29.3 Å². The molecule has 0 fully saturated rings. The van der Waals surface area contributed by atoms with Crippen LogP contribution in [0.5, 0.6) is 5.75 Å². The molecule has 168 valence electrons. The third-order valence-corrected chi connectivity index (χ3v) is 5.71. The molecule has 0 aliphatic rings. The molecule has 0 atom stereocenters. The van der Waals surface area contributed by atoms with Crippen LogP contribution in [0.25, 0.3) is 16.5 Å². The Morgan fingerprint density at radius 1 is 1.12 bits per heavy atom. The van der Waals surface area contributed by atoms with E-state index in [2.05, 4.69) is 10.4 Å². The third-order valence-electron chi connectivity index (χ3n) is 4.56. The minimum absolute atomic E-state index is 0.00975. The summed E-state index contributed by atoms with van der Waals surface area (Å²) in [7, 11) is 0. The van der Waals surface area contributed by atoms with E-state index in [1.54, 1.807) is 66.9 Å². The van der Waals surface area contributed by atoms with Gasteiger partial charge in [0.15, 0.2) is 12.3 Å². The zero-order valence-corrected chi connectivity index (χ0v) is 19.0. The van der Waals surface area contributed by atoms with Gasteiger partial charge in [-0.2, -0.15) is 9.78 Å². The topological polar surface area (TPSA) is 99.5 Å². The van der Waals surface area contributed by atoms with Gasteiger partial charge in [-0.25, -0.2) is 4.79 Å². The van der Waals surface area contributed by atoms with Crippen molar-refractivity contribution in [3.05, 3.63) is 81.0 Å². The Kier molecular flexibility index (Phi) is 6.71. The molecule has 1 N–H and O–H groups in total. The second-order valence-electron chi connectivity index (χ2n) is 6.77. The summed E-state index contributed by atoms with van der Waals surface area (Å²) in [5.41, 5.74) is -0.00613. The maximum Gasteiger partial charge on any atom is 0.359 e. The lowest BCUT2D eigenvalue weighted by Crippen LogP contribution is -2.26. The number of hydrogen-bond acceptors (Lipinski definition) is 7. The molecule has 33 heavy (non-hydrogen) atoms. The normalized spacial score (nSPS) is 10.7. The second kappa shape index (κ2) is 9.85. The van der Waals surface area contributed by atoms with E-state index >= 15 is 0 Å². The van der Waals surface area contributed by atoms with Crippen LogP contribution in [0.15, 0.2) is 64.8 Å². The fourth-order valence-electron chi connectivity index (χ4n) is 3.08. The highest BCUT2D eigenvalue weighted by molar-refractivity contribution is 7.16. The molecule has 2 aromatic heterocycles. The maximum absolute atomic E-state index is 13.3. The molecule has 0 aliphatic heterocycles. The van der Waals surface area contributed by atoms with Gasteiger partial charge in [-0.3, -0.25) is 9.59 Å². The van der Waals surface area contributed by atoms with Gasteiger partial charge in [0.1, 0.15) is 10.8 Å². The molecule has 0 bridgehead atoms. The molecule has 0 spiro atoms. The van der Waals surface area contributed by atoms with Crippen LogP contribution in [0.3, 0.4) is 0 Å². The van der Waals surface area contributed by atoms with E-state index in [9.17, 15) is 14.4 Å². The van der Waals surface area contributed by atoms with Crippen LogP contribution < -0.4 is 15.6 Å². The van der Waals surface area contributed by atoms with Crippen molar-refractivity contribution in [2.45, 2.75) is 6.92 Å². The number of aromatic nitrogens is 2. The number of nitrogens with one attached hydrogen (secondary N) is 1. The fraction of sp³-hybridized carbons (Fsp3) is 0.130. The standard InChI is InChI=1S/C23H18ClN3O5S/c1-2-31-23(30)20-17-13-33-21(25-18(28)12-32-16-10-8-14(24)9-11-16)19(17)22(29)27(26-20)15-6-4-3-5-7-15/h3-11,13H,2,12H2,1H3,(H,25,28). The van der Waals surface area contributed by atoms with Crippen molar-refractivity contribution in [2.24, 2.45) is 0 Å². The van der Waals surface area contributed by atoms with Gasteiger partial charge in [-0.05, 0) is 43.3 Å². The molecule has 0 saturated heterocycles. The molecule has 0 radical (unpaired) electrons. The Balaban J connectivity index is 1.69. The quantitative estimate of drug-likeness (QED) is 0.393. The molecular formula is C23H18ClN3O5S. The van der Waals surface area contributed by atoms with Crippen molar-refractivity contribution in [1.82, 2.24) is 9.78 Å². The van der Waals surface area contributed by atoms with Crippen molar-refractivity contribution in [1.29, 1.82) is 0 Å². The van der Waals surface area contributed by atoms with Gasteiger partial charge >= 0.3 is 5.97 Å². The smallest absolute Gasteiger partial charge is 0.359 e. The van der Waals surface area contributed by atoms with Gasteiger partial charge in [0.05, 0.1) is 17.7 Å². The van der Waals surface area contributed by atoms with Crippen molar-refractivity contribution in [2.75, 3.05) is 18.5 Å². The molecule has 4 aromatic rings. The molecule has 2 heterocycles. The van der Waals surface area contributed by atoms with E-state index < -0.39 is 17.4 Å². The molecule has 0 aliphatic carbocycles. The first-order chi connectivity index (χ1) is 16.0. The van der Waals surface area contributed by atoms with Crippen LogP contribution in [-0.4, -0.2) is 34.9 Å². The van der Waals surface area contributed by atoms with E-state index in [0.29, 0.717) is 21.8 Å². The van der Waals surface area contributed by atoms with Crippen LogP contribution in [0.1, 0.15) is 17.4 Å². The summed E-state index contributed by atoms with van der Waals surface area (Å²) in [5.74, 6) is -0.645. The van der Waals surface area contributed by atoms with Crippen molar-refractivity contribution >= 4 is 50.6 Å². The summed E-state index contributed by atoms with van der Waals surface area (Å²) in [6, 6.07) is 15.3. The first-order valence-electron chi connectivity index (χ1n) is 9.93. The Morgan fingerprint density at radius 3 is 2.55 bits per heavy atom. The van der Waals surface area contributed by atoms with Gasteiger partial charge in [0, 0.05) is 15.8 Å². The molecular weight excluding hydrogens is 466 g/mol.